The van der Waals surface area contributed by atoms with Crippen molar-refractivity contribution in [1.29, 1.82) is 5.26 Å². The Morgan fingerprint density at radius 3 is 2.67 bits per heavy atom. The van der Waals surface area contributed by atoms with Crippen LogP contribution in [-0.2, 0) is 6.42 Å². The highest BCUT2D eigenvalue weighted by molar-refractivity contribution is 6.02. The van der Waals surface area contributed by atoms with Crippen LogP contribution in [0.25, 0.3) is 0 Å². The van der Waals surface area contributed by atoms with Crippen molar-refractivity contribution in [3.8, 4) is 6.07 Å². The van der Waals surface area contributed by atoms with Crippen LogP contribution in [0, 0.1) is 11.3 Å². The summed E-state index contributed by atoms with van der Waals surface area (Å²) >= 11 is 0. The van der Waals surface area contributed by atoms with Gasteiger partial charge in [0.15, 0.2) is 0 Å². The molecule has 21 heavy (non-hydrogen) atoms. The molecular weight excluding hydrogens is 262 g/mol. The van der Waals surface area contributed by atoms with Crippen LogP contribution >= 0.6 is 0 Å². The number of hydrogen-bond donors (Lipinski definition) is 1. The average molecular weight is 277 g/mol. The summed E-state index contributed by atoms with van der Waals surface area (Å²) in [5.41, 5.74) is 3.46. The maximum Gasteiger partial charge on any atom is 0.326 e. The second-order valence-corrected chi connectivity index (χ2v) is 5.00. The number of benzene rings is 2. The second kappa shape index (κ2) is 5.68. The molecule has 0 atom stereocenters. The first-order chi connectivity index (χ1) is 10.3. The Balaban J connectivity index is 1.78. The van der Waals surface area contributed by atoms with Gasteiger partial charge in [-0.25, -0.2) is 4.79 Å². The number of carbonyl (C=O) groups excluding carboxylic acids is 1. The van der Waals surface area contributed by atoms with Crippen LogP contribution < -0.4 is 10.2 Å². The first kappa shape index (κ1) is 13.2. The summed E-state index contributed by atoms with van der Waals surface area (Å²) in [4.78, 5) is 14.2. The third-order valence-corrected chi connectivity index (χ3v) is 3.62. The molecule has 1 aliphatic rings. The summed E-state index contributed by atoms with van der Waals surface area (Å²) < 4.78 is 0. The van der Waals surface area contributed by atoms with Gasteiger partial charge in [0.1, 0.15) is 0 Å². The van der Waals surface area contributed by atoms with Crippen molar-refractivity contribution in [1.82, 2.24) is 0 Å². The molecule has 2 amide bonds. The van der Waals surface area contributed by atoms with Gasteiger partial charge >= 0.3 is 6.03 Å². The number of amides is 2. The normalized spacial score (nSPS) is 13.2. The van der Waals surface area contributed by atoms with E-state index in [0.29, 0.717) is 11.3 Å². The van der Waals surface area contributed by atoms with Gasteiger partial charge in [-0.3, -0.25) is 4.90 Å². The minimum atomic E-state index is -0.133. The molecule has 0 bridgehead atoms. The zero-order chi connectivity index (χ0) is 14.7. The molecule has 0 spiro atoms. The Morgan fingerprint density at radius 2 is 1.90 bits per heavy atom. The number of anilines is 2. The fourth-order valence-electron chi connectivity index (χ4n) is 2.56. The van der Waals surface area contributed by atoms with Gasteiger partial charge in [-0.05, 0) is 48.7 Å². The van der Waals surface area contributed by atoms with Gasteiger partial charge < -0.3 is 5.32 Å². The Hall–Kier alpha value is -2.80. The van der Waals surface area contributed by atoms with Gasteiger partial charge in [-0.1, -0.05) is 18.2 Å². The number of urea groups is 1. The molecule has 104 valence electrons. The van der Waals surface area contributed by atoms with E-state index in [-0.39, 0.29) is 6.03 Å². The van der Waals surface area contributed by atoms with Crippen molar-refractivity contribution in [2.45, 2.75) is 12.8 Å². The molecule has 3 rings (SSSR count). The van der Waals surface area contributed by atoms with Gasteiger partial charge in [-0.15, -0.1) is 0 Å². The third-order valence-electron chi connectivity index (χ3n) is 3.62. The molecule has 0 aromatic heterocycles. The number of nitrogens with zero attached hydrogens (tertiary/aromatic N) is 2. The van der Waals surface area contributed by atoms with E-state index < -0.39 is 0 Å². The topological polar surface area (TPSA) is 56.1 Å². The molecule has 4 heteroatoms. The van der Waals surface area contributed by atoms with E-state index in [9.17, 15) is 4.79 Å². The first-order valence-electron chi connectivity index (χ1n) is 6.94. The summed E-state index contributed by atoms with van der Waals surface area (Å²) in [6.07, 6.45) is 1.98. The monoisotopic (exact) mass is 277 g/mol. The maximum absolute atomic E-state index is 12.4. The van der Waals surface area contributed by atoms with Gasteiger partial charge in [0.05, 0.1) is 11.6 Å². The lowest BCUT2D eigenvalue weighted by atomic mass is 10.0. The molecular formula is C17H15N3O. The summed E-state index contributed by atoms with van der Waals surface area (Å²) in [7, 11) is 0. The van der Waals surface area contributed by atoms with E-state index in [2.05, 4.69) is 17.5 Å². The fourth-order valence-corrected chi connectivity index (χ4v) is 2.56. The minimum absolute atomic E-state index is 0.133. The smallest absolute Gasteiger partial charge is 0.308 e. The number of carbonyl (C=O) groups is 1. The van der Waals surface area contributed by atoms with Gasteiger partial charge in [-0.2, -0.15) is 5.26 Å². The van der Waals surface area contributed by atoms with Crippen LogP contribution in [0.3, 0.4) is 0 Å². The van der Waals surface area contributed by atoms with E-state index in [1.807, 2.05) is 18.2 Å². The molecule has 1 heterocycles. The van der Waals surface area contributed by atoms with E-state index in [4.69, 9.17) is 5.26 Å². The molecule has 4 nitrogen and oxygen atoms in total. The van der Waals surface area contributed by atoms with Crippen LogP contribution in [0.4, 0.5) is 16.2 Å². The minimum Gasteiger partial charge on any atom is -0.308 e. The Morgan fingerprint density at radius 1 is 1.14 bits per heavy atom. The van der Waals surface area contributed by atoms with Crippen molar-refractivity contribution in [3.05, 3.63) is 59.7 Å². The second-order valence-electron chi connectivity index (χ2n) is 5.00. The molecule has 1 aliphatic heterocycles. The molecule has 2 aromatic rings. The van der Waals surface area contributed by atoms with Crippen LogP contribution in [-0.4, -0.2) is 12.6 Å². The first-order valence-corrected chi connectivity index (χ1v) is 6.94. The van der Waals surface area contributed by atoms with Crippen molar-refractivity contribution in [3.63, 3.8) is 0 Å². The van der Waals surface area contributed by atoms with Crippen molar-refractivity contribution >= 4 is 17.4 Å². The predicted octanol–water partition coefficient (Wildman–Crippen LogP) is 3.54. The van der Waals surface area contributed by atoms with Crippen LogP contribution in [0.15, 0.2) is 48.5 Å². The Labute approximate surface area is 123 Å². The lowest BCUT2D eigenvalue weighted by molar-refractivity contribution is 0.256. The summed E-state index contributed by atoms with van der Waals surface area (Å²) in [5, 5.41) is 11.7. The predicted molar refractivity (Wildman–Crippen MR) is 82.3 cm³/mol. The van der Waals surface area contributed by atoms with Crippen LogP contribution in [0.1, 0.15) is 17.5 Å². The average Bonchev–Trinajstić information content (AvgIpc) is 2.55. The molecule has 0 aliphatic carbocycles. The zero-order valence-electron chi connectivity index (χ0n) is 11.5. The lowest BCUT2D eigenvalue weighted by Gasteiger charge is -2.29. The molecule has 0 radical (unpaired) electrons. The number of nitrogens with one attached hydrogen (secondary N) is 1. The van der Waals surface area contributed by atoms with Crippen molar-refractivity contribution < 1.29 is 4.79 Å². The molecule has 1 N–H and O–H groups in total. The molecule has 2 aromatic carbocycles. The molecule has 0 unspecified atom stereocenters. The van der Waals surface area contributed by atoms with Gasteiger partial charge in [0, 0.05) is 17.9 Å². The van der Waals surface area contributed by atoms with Crippen LogP contribution in [0.5, 0.6) is 0 Å². The van der Waals surface area contributed by atoms with E-state index >= 15 is 0 Å². The maximum atomic E-state index is 12.4. The summed E-state index contributed by atoms with van der Waals surface area (Å²) in [6.45, 7) is 0.721. The standard InChI is InChI=1S/C17H15N3O/c18-12-13-7-9-15(10-8-13)19-17(21)20-11-3-5-14-4-1-2-6-16(14)20/h1-2,4,6-10H,3,5,11H2,(H,19,21). The molecule has 0 saturated carbocycles. The zero-order valence-corrected chi connectivity index (χ0v) is 11.5. The number of fused-ring (bicyclic) bond motifs is 1. The number of hydrogen-bond acceptors (Lipinski definition) is 2. The van der Waals surface area contributed by atoms with E-state index in [1.54, 1.807) is 29.2 Å². The SMILES string of the molecule is N#Cc1ccc(NC(=O)N2CCCc3ccccc32)cc1. The van der Waals surface area contributed by atoms with Crippen LogP contribution in [0.2, 0.25) is 0 Å². The quantitative estimate of drug-likeness (QED) is 0.866. The summed E-state index contributed by atoms with van der Waals surface area (Å²) in [5.74, 6) is 0. The van der Waals surface area contributed by atoms with Gasteiger partial charge in [0.2, 0.25) is 0 Å². The molecule has 0 fully saturated rings. The van der Waals surface area contributed by atoms with Gasteiger partial charge in [0.25, 0.3) is 0 Å². The highest BCUT2D eigenvalue weighted by Gasteiger charge is 2.21. The number of aryl methyl sites for hydroxylation is 1. The highest BCUT2D eigenvalue weighted by atomic mass is 16.2. The number of nitriles is 1. The Bertz CT molecular complexity index is 701. The lowest BCUT2D eigenvalue weighted by Crippen LogP contribution is -2.38. The summed E-state index contributed by atoms with van der Waals surface area (Å²) in [6, 6.07) is 16.8. The molecule has 0 saturated heterocycles. The number of rotatable bonds is 1. The fraction of sp³-hybridized carbons (Fsp3) is 0.176. The van der Waals surface area contributed by atoms with Crippen molar-refractivity contribution in [2.24, 2.45) is 0 Å². The number of para-hydroxylation sites is 1. The largest absolute Gasteiger partial charge is 0.326 e. The van der Waals surface area contributed by atoms with Crippen molar-refractivity contribution in [2.75, 3.05) is 16.8 Å². The van der Waals surface area contributed by atoms with E-state index in [0.717, 1.165) is 25.1 Å². The third kappa shape index (κ3) is 2.72. The van der Waals surface area contributed by atoms with E-state index in [1.165, 1.54) is 5.56 Å². The Kier molecular flexibility index (Phi) is 3.57. The highest BCUT2D eigenvalue weighted by Crippen LogP contribution is 2.27.